The first-order chi connectivity index (χ1) is 8.66. The average molecular weight is 266 g/mol. The van der Waals surface area contributed by atoms with Crippen LogP contribution in [0.15, 0.2) is 18.2 Å². The third kappa shape index (κ3) is 3.56. The Labute approximate surface area is 112 Å². The molecular formula is C14H22N2OS. The van der Waals surface area contributed by atoms with Crippen LogP contribution >= 0.6 is 0 Å². The third-order valence-electron chi connectivity index (χ3n) is 3.29. The van der Waals surface area contributed by atoms with E-state index in [1.54, 1.807) is 6.26 Å². The Morgan fingerprint density at radius 2 is 2.33 bits per heavy atom. The fraction of sp³-hybridized carbons (Fsp3) is 0.571. The van der Waals surface area contributed by atoms with Gasteiger partial charge in [-0.2, -0.15) is 0 Å². The predicted molar refractivity (Wildman–Crippen MR) is 78.5 cm³/mol. The molecule has 0 amide bonds. The van der Waals surface area contributed by atoms with Gasteiger partial charge in [0.15, 0.2) is 0 Å². The van der Waals surface area contributed by atoms with Crippen LogP contribution in [0.5, 0.6) is 0 Å². The quantitative estimate of drug-likeness (QED) is 0.855. The molecule has 0 aromatic heterocycles. The van der Waals surface area contributed by atoms with Crippen LogP contribution in [0.4, 0.5) is 5.69 Å². The highest BCUT2D eigenvalue weighted by atomic mass is 32.2. The fourth-order valence-electron chi connectivity index (χ4n) is 2.42. The highest BCUT2D eigenvalue weighted by Crippen LogP contribution is 2.25. The highest BCUT2D eigenvalue weighted by Gasteiger charge is 2.12. The molecule has 1 aromatic rings. The fourth-order valence-corrected chi connectivity index (χ4v) is 3.25. The summed E-state index contributed by atoms with van der Waals surface area (Å²) in [5.74, 6) is 0.711. The van der Waals surface area contributed by atoms with Crippen LogP contribution in [0.1, 0.15) is 24.5 Å². The average Bonchev–Trinajstić information content (AvgIpc) is 2.35. The van der Waals surface area contributed by atoms with E-state index >= 15 is 0 Å². The maximum absolute atomic E-state index is 11.2. The van der Waals surface area contributed by atoms with Crippen LogP contribution < -0.4 is 10.6 Å². The van der Waals surface area contributed by atoms with Gasteiger partial charge in [0.1, 0.15) is 0 Å². The minimum atomic E-state index is -0.734. The standard InChI is InChI=1S/C14H22N2OS/c1-11(10-18(2)17)16-9-13-6-3-5-12-7-4-8-15-14(12)13/h3,5-6,11,15-16H,4,7-10H2,1-2H3. The van der Waals surface area contributed by atoms with Crippen molar-refractivity contribution in [3.63, 3.8) is 0 Å². The number of hydrogen-bond donors (Lipinski definition) is 2. The minimum absolute atomic E-state index is 0.287. The molecule has 0 spiro atoms. The molecule has 4 heteroatoms. The monoisotopic (exact) mass is 266 g/mol. The zero-order chi connectivity index (χ0) is 13.0. The molecule has 0 bridgehead atoms. The number of fused-ring (bicyclic) bond motifs is 1. The van der Waals surface area contributed by atoms with Gasteiger partial charge in [0.25, 0.3) is 0 Å². The van der Waals surface area contributed by atoms with Gasteiger partial charge in [-0.25, -0.2) is 0 Å². The molecule has 0 aliphatic carbocycles. The lowest BCUT2D eigenvalue weighted by molar-refractivity contribution is 0.587. The summed E-state index contributed by atoms with van der Waals surface area (Å²) in [6.07, 6.45) is 4.14. The van der Waals surface area contributed by atoms with Crippen LogP contribution in [0, 0.1) is 0 Å². The molecular weight excluding hydrogens is 244 g/mol. The van der Waals surface area contributed by atoms with Gasteiger partial charge in [-0.15, -0.1) is 0 Å². The summed E-state index contributed by atoms with van der Waals surface area (Å²) in [6, 6.07) is 6.79. The number of nitrogens with one attached hydrogen (secondary N) is 2. The molecule has 3 nitrogen and oxygen atoms in total. The molecule has 100 valence electrons. The largest absolute Gasteiger partial charge is 0.385 e. The molecule has 1 aliphatic rings. The minimum Gasteiger partial charge on any atom is -0.385 e. The van der Waals surface area contributed by atoms with E-state index in [1.165, 1.54) is 29.7 Å². The lowest BCUT2D eigenvalue weighted by atomic mass is 9.99. The van der Waals surface area contributed by atoms with Gasteiger partial charge in [0, 0.05) is 47.6 Å². The van der Waals surface area contributed by atoms with E-state index in [4.69, 9.17) is 0 Å². The molecule has 2 N–H and O–H groups in total. The van der Waals surface area contributed by atoms with E-state index < -0.39 is 10.8 Å². The summed E-state index contributed by atoms with van der Waals surface area (Å²) in [7, 11) is -0.734. The lowest BCUT2D eigenvalue weighted by Gasteiger charge is -2.22. The van der Waals surface area contributed by atoms with E-state index in [0.29, 0.717) is 5.75 Å². The Kier molecular flexibility index (Phi) is 4.78. The molecule has 1 heterocycles. The van der Waals surface area contributed by atoms with Crippen LogP contribution in [0.2, 0.25) is 0 Å². The van der Waals surface area contributed by atoms with E-state index in [2.05, 4.69) is 35.8 Å². The van der Waals surface area contributed by atoms with Crippen molar-refractivity contribution < 1.29 is 4.21 Å². The summed E-state index contributed by atoms with van der Waals surface area (Å²) in [6.45, 7) is 4.00. The van der Waals surface area contributed by atoms with E-state index in [1.807, 2.05) is 0 Å². The SMILES string of the molecule is CC(CS(C)=O)NCc1cccc2c1NCCC2. The number of anilines is 1. The van der Waals surface area contributed by atoms with Gasteiger partial charge in [-0.3, -0.25) is 4.21 Å². The Balaban J connectivity index is 1.99. The van der Waals surface area contributed by atoms with Crippen molar-refractivity contribution in [1.82, 2.24) is 5.32 Å². The first-order valence-electron chi connectivity index (χ1n) is 6.55. The molecule has 2 rings (SSSR count). The van der Waals surface area contributed by atoms with Gasteiger partial charge < -0.3 is 10.6 Å². The molecule has 0 saturated carbocycles. The van der Waals surface area contributed by atoms with Gasteiger partial charge in [-0.05, 0) is 30.9 Å². The molecule has 0 radical (unpaired) electrons. The van der Waals surface area contributed by atoms with Crippen molar-refractivity contribution >= 4 is 16.5 Å². The zero-order valence-electron chi connectivity index (χ0n) is 11.2. The van der Waals surface area contributed by atoms with Gasteiger partial charge in [-0.1, -0.05) is 18.2 Å². The third-order valence-corrected chi connectivity index (χ3v) is 4.26. The van der Waals surface area contributed by atoms with Crippen molar-refractivity contribution in [1.29, 1.82) is 0 Å². The lowest BCUT2D eigenvalue weighted by Crippen LogP contribution is -2.31. The molecule has 1 aromatic carbocycles. The Morgan fingerprint density at radius 3 is 3.11 bits per heavy atom. The maximum Gasteiger partial charge on any atom is 0.0418 e. The number of rotatable bonds is 5. The maximum atomic E-state index is 11.2. The van der Waals surface area contributed by atoms with Gasteiger partial charge in [0.05, 0.1) is 0 Å². The number of aryl methyl sites for hydroxylation is 1. The van der Waals surface area contributed by atoms with Crippen molar-refractivity contribution in [3.05, 3.63) is 29.3 Å². The smallest absolute Gasteiger partial charge is 0.0418 e. The van der Waals surface area contributed by atoms with Crippen LogP contribution in [0.3, 0.4) is 0 Å². The van der Waals surface area contributed by atoms with Crippen LogP contribution in [0.25, 0.3) is 0 Å². The number of hydrogen-bond acceptors (Lipinski definition) is 3. The first kappa shape index (κ1) is 13.6. The zero-order valence-corrected chi connectivity index (χ0v) is 12.0. The van der Waals surface area contributed by atoms with Gasteiger partial charge in [0.2, 0.25) is 0 Å². The summed E-state index contributed by atoms with van der Waals surface area (Å²) < 4.78 is 11.2. The predicted octanol–water partition coefficient (Wildman–Crippen LogP) is 1.90. The molecule has 1 aliphatic heterocycles. The number of para-hydroxylation sites is 1. The second-order valence-corrected chi connectivity index (χ2v) is 6.48. The Bertz CT molecular complexity index is 434. The Morgan fingerprint density at radius 1 is 1.50 bits per heavy atom. The van der Waals surface area contributed by atoms with E-state index in [0.717, 1.165) is 13.1 Å². The van der Waals surface area contributed by atoms with Gasteiger partial charge >= 0.3 is 0 Å². The molecule has 0 fully saturated rings. The van der Waals surface area contributed by atoms with Crippen LogP contribution in [-0.2, 0) is 23.8 Å². The van der Waals surface area contributed by atoms with E-state index in [-0.39, 0.29) is 6.04 Å². The molecule has 18 heavy (non-hydrogen) atoms. The topological polar surface area (TPSA) is 41.1 Å². The highest BCUT2D eigenvalue weighted by molar-refractivity contribution is 7.84. The van der Waals surface area contributed by atoms with Crippen molar-refractivity contribution in [2.24, 2.45) is 0 Å². The molecule has 2 atom stereocenters. The Hall–Kier alpha value is -0.870. The van der Waals surface area contributed by atoms with Crippen molar-refractivity contribution in [3.8, 4) is 0 Å². The second-order valence-electron chi connectivity index (χ2n) is 5.00. The summed E-state index contributed by atoms with van der Waals surface area (Å²) in [4.78, 5) is 0. The van der Waals surface area contributed by atoms with Crippen LogP contribution in [-0.4, -0.2) is 28.8 Å². The van der Waals surface area contributed by atoms with Crippen molar-refractivity contribution in [2.75, 3.05) is 23.9 Å². The summed E-state index contributed by atoms with van der Waals surface area (Å²) >= 11 is 0. The second kappa shape index (κ2) is 6.34. The first-order valence-corrected chi connectivity index (χ1v) is 8.27. The van der Waals surface area contributed by atoms with Crippen molar-refractivity contribution in [2.45, 2.75) is 32.4 Å². The normalized spacial score (nSPS) is 17.7. The summed E-state index contributed by atoms with van der Waals surface area (Å²) in [5.41, 5.74) is 4.05. The molecule has 2 unspecified atom stereocenters. The molecule has 0 saturated heterocycles. The summed E-state index contributed by atoms with van der Waals surface area (Å²) in [5, 5.41) is 6.94. The number of benzene rings is 1. The van der Waals surface area contributed by atoms with E-state index in [9.17, 15) is 4.21 Å².